The summed E-state index contributed by atoms with van der Waals surface area (Å²) in [7, 11) is 0. The Morgan fingerprint density at radius 3 is 2.61 bits per heavy atom. The average Bonchev–Trinajstić information content (AvgIpc) is 2.55. The van der Waals surface area contributed by atoms with Crippen LogP contribution in [0.3, 0.4) is 0 Å². The van der Waals surface area contributed by atoms with Gasteiger partial charge in [-0.2, -0.15) is 0 Å². The number of carboxylic acid groups (broad SMARTS) is 1. The second kappa shape index (κ2) is 6.73. The molecule has 0 bridgehead atoms. The third kappa shape index (κ3) is 3.02. The van der Waals surface area contributed by atoms with Crippen molar-refractivity contribution < 1.29 is 14.7 Å². The summed E-state index contributed by atoms with van der Waals surface area (Å²) in [6, 6.07) is 0. The molecule has 1 N–H and O–H groups in total. The van der Waals surface area contributed by atoms with Crippen molar-refractivity contribution in [3.05, 3.63) is 0 Å². The lowest BCUT2D eigenvalue weighted by atomic mass is 9.89. The van der Waals surface area contributed by atoms with Crippen molar-refractivity contribution in [1.82, 2.24) is 9.80 Å². The number of rotatable bonds is 6. The van der Waals surface area contributed by atoms with Crippen LogP contribution in [0.25, 0.3) is 0 Å². The van der Waals surface area contributed by atoms with Crippen LogP contribution in [-0.4, -0.2) is 59.0 Å². The topological polar surface area (TPSA) is 60.9 Å². The molecule has 1 amide bonds. The normalized spacial score (nSPS) is 25.4. The van der Waals surface area contributed by atoms with E-state index in [2.05, 4.69) is 11.8 Å². The molecular formula is C13H24N2O3. The molecule has 1 aliphatic heterocycles. The van der Waals surface area contributed by atoms with Crippen LogP contribution in [0.2, 0.25) is 0 Å². The van der Waals surface area contributed by atoms with E-state index < -0.39 is 11.5 Å². The van der Waals surface area contributed by atoms with Crippen molar-refractivity contribution in [2.45, 2.75) is 45.1 Å². The predicted molar refractivity (Wildman–Crippen MR) is 69.4 cm³/mol. The van der Waals surface area contributed by atoms with Gasteiger partial charge in [0, 0.05) is 13.1 Å². The largest absolute Gasteiger partial charge is 0.479 e. The number of carbonyl (C=O) groups excluding carboxylic acids is 1. The molecular weight excluding hydrogens is 232 g/mol. The van der Waals surface area contributed by atoms with Gasteiger partial charge in [0.05, 0.1) is 0 Å². The third-order valence-electron chi connectivity index (χ3n) is 3.86. The number of aliphatic carboxylic acids is 1. The highest BCUT2D eigenvalue weighted by Crippen LogP contribution is 2.28. The van der Waals surface area contributed by atoms with Gasteiger partial charge in [-0.25, -0.2) is 4.79 Å². The van der Waals surface area contributed by atoms with Crippen LogP contribution in [0.5, 0.6) is 0 Å². The molecule has 0 aromatic rings. The minimum Gasteiger partial charge on any atom is -0.479 e. The number of likely N-dealkylation sites (N-methyl/N-ethyl adjacent to an activating group) is 1. The van der Waals surface area contributed by atoms with Gasteiger partial charge in [-0.05, 0) is 45.7 Å². The molecule has 0 aliphatic carbocycles. The Hall–Kier alpha value is -1.10. The Labute approximate surface area is 109 Å². The molecule has 0 spiro atoms. The van der Waals surface area contributed by atoms with Crippen LogP contribution < -0.4 is 0 Å². The molecule has 5 heteroatoms. The molecule has 1 heterocycles. The number of likely N-dealkylation sites (tertiary alicyclic amines) is 1. The molecule has 1 saturated heterocycles. The average molecular weight is 256 g/mol. The summed E-state index contributed by atoms with van der Waals surface area (Å²) in [5, 5.41) is 9.54. The Kier molecular flexibility index (Phi) is 5.59. The smallest absolute Gasteiger partial charge is 0.329 e. The molecule has 0 aromatic carbocycles. The predicted octanol–water partition coefficient (Wildman–Crippen LogP) is 1.18. The first-order valence-corrected chi connectivity index (χ1v) is 6.78. The zero-order valence-electron chi connectivity index (χ0n) is 11.4. The molecule has 1 aliphatic rings. The molecule has 1 unspecified atom stereocenters. The van der Waals surface area contributed by atoms with E-state index >= 15 is 0 Å². The fourth-order valence-corrected chi connectivity index (χ4v) is 2.82. The Balaban J connectivity index is 2.85. The van der Waals surface area contributed by atoms with Crippen molar-refractivity contribution in [1.29, 1.82) is 0 Å². The van der Waals surface area contributed by atoms with E-state index in [1.54, 1.807) is 0 Å². The molecule has 0 aromatic heterocycles. The Morgan fingerprint density at radius 1 is 1.39 bits per heavy atom. The van der Waals surface area contributed by atoms with Crippen molar-refractivity contribution in [3.63, 3.8) is 0 Å². The van der Waals surface area contributed by atoms with Crippen LogP contribution in [-0.2, 0) is 9.59 Å². The van der Waals surface area contributed by atoms with Crippen LogP contribution in [0.15, 0.2) is 0 Å². The molecule has 1 atom stereocenters. The number of carboxylic acids is 1. The first-order chi connectivity index (χ1) is 8.60. The second-order valence-corrected chi connectivity index (χ2v) is 4.92. The number of hydrogen-bond donors (Lipinski definition) is 1. The van der Waals surface area contributed by atoms with Gasteiger partial charge in [-0.1, -0.05) is 6.92 Å². The van der Waals surface area contributed by atoms with Gasteiger partial charge in [0.2, 0.25) is 6.41 Å². The molecule has 1 fully saturated rings. The van der Waals surface area contributed by atoms with Crippen molar-refractivity contribution in [3.8, 4) is 0 Å². The van der Waals surface area contributed by atoms with E-state index in [1.165, 1.54) is 4.90 Å². The zero-order valence-corrected chi connectivity index (χ0v) is 11.4. The van der Waals surface area contributed by atoms with Gasteiger partial charge in [-0.3, -0.25) is 4.79 Å². The summed E-state index contributed by atoms with van der Waals surface area (Å²) in [4.78, 5) is 26.5. The highest BCUT2D eigenvalue weighted by atomic mass is 16.4. The SMILES string of the molecule is CCCN1CCCC(C(=O)O)(N(C=O)CC)CC1. The lowest BCUT2D eigenvalue weighted by Crippen LogP contribution is -2.54. The number of amides is 1. The highest BCUT2D eigenvalue weighted by Gasteiger charge is 2.44. The fourth-order valence-electron chi connectivity index (χ4n) is 2.82. The van der Waals surface area contributed by atoms with Crippen LogP contribution >= 0.6 is 0 Å². The molecule has 0 radical (unpaired) electrons. The summed E-state index contributed by atoms with van der Waals surface area (Å²) in [6.45, 7) is 7.09. The summed E-state index contributed by atoms with van der Waals surface area (Å²) in [5.41, 5.74) is -1.00. The van der Waals surface area contributed by atoms with Crippen LogP contribution in [0.4, 0.5) is 0 Å². The standard InChI is InChI=1S/C13H24N2O3/c1-3-8-14-9-5-6-13(7-10-14,12(17)18)15(4-2)11-16/h11H,3-10H2,1-2H3,(H,17,18). The maximum Gasteiger partial charge on any atom is 0.329 e. The van der Waals surface area contributed by atoms with E-state index in [4.69, 9.17) is 0 Å². The van der Waals surface area contributed by atoms with Gasteiger partial charge < -0.3 is 14.9 Å². The zero-order chi connectivity index (χ0) is 13.6. The van der Waals surface area contributed by atoms with Crippen molar-refractivity contribution >= 4 is 12.4 Å². The highest BCUT2D eigenvalue weighted by molar-refractivity contribution is 5.81. The summed E-state index contributed by atoms with van der Waals surface area (Å²) >= 11 is 0. The number of hydrogen-bond acceptors (Lipinski definition) is 3. The van der Waals surface area contributed by atoms with E-state index in [9.17, 15) is 14.7 Å². The van der Waals surface area contributed by atoms with E-state index in [1.807, 2.05) is 6.92 Å². The monoisotopic (exact) mass is 256 g/mol. The molecule has 5 nitrogen and oxygen atoms in total. The lowest BCUT2D eigenvalue weighted by Gasteiger charge is -2.37. The first kappa shape index (κ1) is 15.0. The van der Waals surface area contributed by atoms with E-state index in [0.29, 0.717) is 25.8 Å². The number of nitrogens with zero attached hydrogens (tertiary/aromatic N) is 2. The minimum atomic E-state index is -1.00. The molecule has 18 heavy (non-hydrogen) atoms. The van der Waals surface area contributed by atoms with E-state index in [0.717, 1.165) is 32.5 Å². The lowest BCUT2D eigenvalue weighted by molar-refractivity contribution is -0.156. The van der Waals surface area contributed by atoms with Gasteiger partial charge in [-0.15, -0.1) is 0 Å². The van der Waals surface area contributed by atoms with Gasteiger partial charge in [0.1, 0.15) is 5.54 Å². The molecule has 0 saturated carbocycles. The van der Waals surface area contributed by atoms with Crippen LogP contribution in [0.1, 0.15) is 39.5 Å². The minimum absolute atomic E-state index is 0.448. The van der Waals surface area contributed by atoms with Gasteiger partial charge in [0.25, 0.3) is 0 Å². The van der Waals surface area contributed by atoms with Crippen molar-refractivity contribution in [2.24, 2.45) is 0 Å². The van der Waals surface area contributed by atoms with Crippen molar-refractivity contribution in [2.75, 3.05) is 26.2 Å². The number of carbonyl (C=O) groups is 2. The maximum absolute atomic E-state index is 11.6. The first-order valence-electron chi connectivity index (χ1n) is 6.78. The molecule has 1 rings (SSSR count). The quantitative estimate of drug-likeness (QED) is 0.725. The molecule has 104 valence electrons. The third-order valence-corrected chi connectivity index (χ3v) is 3.86. The second-order valence-electron chi connectivity index (χ2n) is 4.92. The Morgan fingerprint density at radius 2 is 2.11 bits per heavy atom. The summed E-state index contributed by atoms with van der Waals surface area (Å²) in [5.74, 6) is -0.866. The van der Waals surface area contributed by atoms with E-state index in [-0.39, 0.29) is 0 Å². The summed E-state index contributed by atoms with van der Waals surface area (Å²) in [6.07, 6.45) is 3.66. The van der Waals surface area contributed by atoms with Crippen LogP contribution in [0, 0.1) is 0 Å². The fraction of sp³-hybridized carbons (Fsp3) is 0.846. The van der Waals surface area contributed by atoms with Gasteiger partial charge in [0.15, 0.2) is 0 Å². The summed E-state index contributed by atoms with van der Waals surface area (Å²) < 4.78 is 0. The maximum atomic E-state index is 11.6. The van der Waals surface area contributed by atoms with Gasteiger partial charge >= 0.3 is 5.97 Å². The Bertz CT molecular complexity index is 296.